The average Bonchev–Trinajstić information content (AvgIpc) is 2.95. The number of pyridine rings is 1. The predicted octanol–water partition coefficient (Wildman–Crippen LogP) is 2.42. The molecule has 0 N–H and O–H groups in total. The first kappa shape index (κ1) is 22.4. The first-order valence-corrected chi connectivity index (χ1v) is 11.3. The minimum atomic E-state index is -0.348. The molecule has 2 fully saturated rings. The van der Waals surface area contributed by atoms with E-state index in [9.17, 15) is 9.59 Å². The van der Waals surface area contributed by atoms with E-state index in [0.717, 1.165) is 38.0 Å². The second kappa shape index (κ2) is 9.79. The zero-order valence-electron chi connectivity index (χ0n) is 19.0. The third-order valence-corrected chi connectivity index (χ3v) is 6.50. The van der Waals surface area contributed by atoms with Crippen molar-refractivity contribution in [3.63, 3.8) is 0 Å². The third kappa shape index (κ3) is 5.34. The number of aromatic nitrogens is 1. The number of nitrogens with zero attached hydrogens (tertiary/aromatic N) is 4. The van der Waals surface area contributed by atoms with Gasteiger partial charge >= 0.3 is 0 Å². The van der Waals surface area contributed by atoms with Crippen molar-refractivity contribution in [2.24, 2.45) is 0 Å². The van der Waals surface area contributed by atoms with Gasteiger partial charge in [0.25, 0.3) is 0 Å². The van der Waals surface area contributed by atoms with E-state index in [0.29, 0.717) is 19.6 Å². The molecule has 2 aromatic rings. The van der Waals surface area contributed by atoms with Crippen molar-refractivity contribution in [1.82, 2.24) is 19.7 Å². The van der Waals surface area contributed by atoms with Crippen LogP contribution in [-0.4, -0.2) is 84.0 Å². The molecule has 1 aromatic carbocycles. The highest BCUT2D eigenvalue weighted by Crippen LogP contribution is 2.31. The van der Waals surface area contributed by atoms with E-state index in [1.54, 1.807) is 25.2 Å². The lowest BCUT2D eigenvalue weighted by Crippen LogP contribution is -2.53. The van der Waals surface area contributed by atoms with Gasteiger partial charge in [-0.3, -0.25) is 19.5 Å². The van der Waals surface area contributed by atoms with E-state index in [1.807, 2.05) is 12.3 Å². The number of carbonyl (C=O) groups is 2. The summed E-state index contributed by atoms with van der Waals surface area (Å²) in [4.78, 5) is 34.6. The van der Waals surface area contributed by atoms with Crippen molar-refractivity contribution >= 4 is 11.8 Å². The Morgan fingerprint density at radius 1 is 1.12 bits per heavy atom. The normalized spacial score (nSPS) is 19.1. The summed E-state index contributed by atoms with van der Waals surface area (Å²) < 4.78 is 6.22. The summed E-state index contributed by atoms with van der Waals surface area (Å²) >= 11 is 0. The zero-order valence-corrected chi connectivity index (χ0v) is 19.0. The van der Waals surface area contributed by atoms with Crippen molar-refractivity contribution in [3.8, 4) is 11.1 Å². The highest BCUT2D eigenvalue weighted by atomic mass is 16.5. The molecular formula is C25H32N4O3. The Kier molecular flexibility index (Phi) is 6.86. The number of benzene rings is 1. The quantitative estimate of drug-likeness (QED) is 0.720. The Balaban J connectivity index is 1.34. The number of hydrogen-bond donors (Lipinski definition) is 0. The molecule has 2 aliphatic heterocycles. The summed E-state index contributed by atoms with van der Waals surface area (Å²) in [5.41, 5.74) is 3.22. The van der Waals surface area contributed by atoms with Crippen molar-refractivity contribution in [3.05, 3.63) is 54.4 Å². The zero-order chi connectivity index (χ0) is 22.6. The maximum atomic E-state index is 12.5. The topological polar surface area (TPSA) is 66.0 Å². The Bertz CT molecular complexity index is 922. The minimum Gasteiger partial charge on any atom is -0.373 e. The number of amides is 2. The molecule has 1 spiro atoms. The van der Waals surface area contributed by atoms with Gasteiger partial charge in [-0.05, 0) is 35.6 Å². The smallest absolute Gasteiger partial charge is 0.241 e. The molecule has 7 heteroatoms. The van der Waals surface area contributed by atoms with Crippen LogP contribution in [0.1, 0.15) is 24.8 Å². The third-order valence-electron chi connectivity index (χ3n) is 6.50. The molecule has 0 saturated carbocycles. The Morgan fingerprint density at radius 3 is 2.53 bits per heavy atom. The number of piperidine rings is 1. The molecular weight excluding hydrogens is 404 g/mol. The van der Waals surface area contributed by atoms with Gasteiger partial charge in [0, 0.05) is 46.1 Å². The van der Waals surface area contributed by atoms with Crippen LogP contribution >= 0.6 is 0 Å². The van der Waals surface area contributed by atoms with E-state index in [-0.39, 0.29) is 24.0 Å². The molecule has 0 unspecified atom stereocenters. The summed E-state index contributed by atoms with van der Waals surface area (Å²) in [6.07, 6.45) is 5.73. The van der Waals surface area contributed by atoms with Crippen LogP contribution in [0, 0.1) is 0 Å². The van der Waals surface area contributed by atoms with Gasteiger partial charge in [-0.25, -0.2) is 0 Å². The highest BCUT2D eigenvalue weighted by Gasteiger charge is 2.40. The van der Waals surface area contributed by atoms with E-state index in [1.165, 1.54) is 16.0 Å². The van der Waals surface area contributed by atoms with Gasteiger partial charge in [0.1, 0.15) is 0 Å². The molecule has 0 radical (unpaired) electrons. The van der Waals surface area contributed by atoms with Crippen LogP contribution in [0.5, 0.6) is 0 Å². The molecule has 0 aliphatic carbocycles. The van der Waals surface area contributed by atoms with Crippen LogP contribution in [0.4, 0.5) is 0 Å². The van der Waals surface area contributed by atoms with Gasteiger partial charge in [0.15, 0.2) is 0 Å². The number of carbonyl (C=O) groups excluding carboxylic acids is 2. The van der Waals surface area contributed by atoms with E-state index < -0.39 is 0 Å². The molecule has 7 nitrogen and oxygen atoms in total. The monoisotopic (exact) mass is 436 g/mol. The Morgan fingerprint density at radius 2 is 1.88 bits per heavy atom. The summed E-state index contributed by atoms with van der Waals surface area (Å²) in [6.45, 7) is 3.78. The van der Waals surface area contributed by atoms with Crippen LogP contribution in [0.2, 0.25) is 0 Å². The molecule has 170 valence electrons. The number of rotatable bonds is 5. The predicted molar refractivity (Wildman–Crippen MR) is 123 cm³/mol. The lowest BCUT2D eigenvalue weighted by molar-refractivity contribution is -0.140. The SMILES string of the molecule is CN(C)C(=O)CN1CC2(CCN(Cc3ccc(-c4cccnc4)cc3)CC2)OCCC1=O. The average molecular weight is 437 g/mol. The Labute approximate surface area is 190 Å². The number of likely N-dealkylation sites (tertiary alicyclic amines) is 1. The van der Waals surface area contributed by atoms with Gasteiger partial charge in [-0.2, -0.15) is 0 Å². The molecule has 0 bridgehead atoms. The minimum absolute atomic E-state index is 0.00760. The lowest BCUT2D eigenvalue weighted by Gasteiger charge is -2.42. The van der Waals surface area contributed by atoms with Gasteiger partial charge in [0.05, 0.1) is 31.7 Å². The maximum Gasteiger partial charge on any atom is 0.241 e. The molecule has 0 atom stereocenters. The van der Waals surface area contributed by atoms with Crippen molar-refractivity contribution < 1.29 is 14.3 Å². The van der Waals surface area contributed by atoms with E-state index >= 15 is 0 Å². The van der Waals surface area contributed by atoms with Crippen molar-refractivity contribution in [2.45, 2.75) is 31.4 Å². The fourth-order valence-electron chi connectivity index (χ4n) is 4.46. The van der Waals surface area contributed by atoms with Gasteiger partial charge in [0.2, 0.25) is 11.8 Å². The highest BCUT2D eigenvalue weighted by molar-refractivity contribution is 5.84. The van der Waals surface area contributed by atoms with Gasteiger partial charge < -0.3 is 14.5 Å². The molecule has 32 heavy (non-hydrogen) atoms. The molecule has 2 aliphatic rings. The van der Waals surface area contributed by atoms with E-state index in [4.69, 9.17) is 4.74 Å². The summed E-state index contributed by atoms with van der Waals surface area (Å²) in [5, 5.41) is 0. The largest absolute Gasteiger partial charge is 0.373 e. The number of likely N-dealkylation sites (N-methyl/N-ethyl adjacent to an activating group) is 1. The fraction of sp³-hybridized carbons (Fsp3) is 0.480. The lowest BCUT2D eigenvalue weighted by atomic mass is 9.90. The van der Waals surface area contributed by atoms with E-state index in [2.05, 4.69) is 40.2 Å². The second-order valence-corrected chi connectivity index (χ2v) is 9.03. The standard InChI is InChI=1S/C25H32N4O3/c1-27(2)24(31)18-29-19-25(32-15-9-23(29)30)10-13-28(14-11-25)17-20-5-7-21(8-6-20)22-4-3-12-26-16-22/h3-8,12,16H,9-11,13-15,17-19H2,1-2H3. The van der Waals surface area contributed by atoms with Gasteiger partial charge in [-0.15, -0.1) is 0 Å². The molecule has 2 saturated heterocycles. The first-order chi connectivity index (χ1) is 15.4. The van der Waals surface area contributed by atoms with Crippen LogP contribution in [-0.2, 0) is 20.9 Å². The maximum absolute atomic E-state index is 12.5. The summed E-state index contributed by atoms with van der Waals surface area (Å²) in [7, 11) is 3.44. The van der Waals surface area contributed by atoms with Crippen molar-refractivity contribution in [2.75, 3.05) is 46.9 Å². The molecule has 2 amide bonds. The van der Waals surface area contributed by atoms with Gasteiger partial charge in [-0.1, -0.05) is 30.3 Å². The van der Waals surface area contributed by atoms with Crippen LogP contribution < -0.4 is 0 Å². The molecule has 4 rings (SSSR count). The second-order valence-electron chi connectivity index (χ2n) is 9.03. The van der Waals surface area contributed by atoms with Crippen LogP contribution in [0.3, 0.4) is 0 Å². The van der Waals surface area contributed by atoms with Crippen LogP contribution in [0.15, 0.2) is 48.8 Å². The number of ether oxygens (including phenoxy) is 1. The van der Waals surface area contributed by atoms with Crippen LogP contribution in [0.25, 0.3) is 11.1 Å². The molecule has 1 aromatic heterocycles. The Hall–Kier alpha value is -2.77. The van der Waals surface area contributed by atoms with Crippen molar-refractivity contribution in [1.29, 1.82) is 0 Å². The number of hydrogen-bond acceptors (Lipinski definition) is 5. The fourth-order valence-corrected chi connectivity index (χ4v) is 4.46. The first-order valence-electron chi connectivity index (χ1n) is 11.3. The summed E-state index contributed by atoms with van der Waals surface area (Å²) in [6, 6.07) is 12.7. The molecule has 3 heterocycles. The summed E-state index contributed by atoms with van der Waals surface area (Å²) in [5.74, 6) is -0.0456.